The molecule has 118 valence electrons. The fraction of sp³-hybridized carbons (Fsp3) is 0.778. The highest BCUT2D eigenvalue weighted by molar-refractivity contribution is 5.90. The van der Waals surface area contributed by atoms with E-state index in [0.717, 1.165) is 12.8 Å². The predicted octanol–water partition coefficient (Wildman–Crippen LogP) is 5.22. The summed E-state index contributed by atoms with van der Waals surface area (Å²) >= 11 is 0. The van der Waals surface area contributed by atoms with Gasteiger partial charge in [0.25, 0.3) is 0 Å². The maximum atomic E-state index is 11.4. The standard InChI is InChI=1S/C12H22O.C6H12O/c1-9(2)6-11(5)8-12(13)7-10(3)4;1-5(2)4-6(3)7/h8-10H,6-7H2,1-5H3;5H,4H2,1-3H3/b11-8+;. The van der Waals surface area contributed by atoms with Crippen LogP contribution in [0.5, 0.6) is 0 Å². The van der Waals surface area contributed by atoms with Crippen molar-refractivity contribution >= 4 is 11.6 Å². The van der Waals surface area contributed by atoms with E-state index in [9.17, 15) is 9.59 Å². The van der Waals surface area contributed by atoms with Crippen LogP contribution in [0, 0.1) is 17.8 Å². The zero-order chi connectivity index (χ0) is 16.3. The minimum Gasteiger partial charge on any atom is -0.300 e. The highest BCUT2D eigenvalue weighted by Gasteiger charge is 2.03. The first-order chi connectivity index (χ1) is 9.04. The zero-order valence-electron chi connectivity index (χ0n) is 14.7. The van der Waals surface area contributed by atoms with Crippen molar-refractivity contribution < 1.29 is 9.59 Å². The number of carbonyl (C=O) groups excluding carboxylic acids is 2. The summed E-state index contributed by atoms with van der Waals surface area (Å²) in [6, 6.07) is 0. The van der Waals surface area contributed by atoms with Gasteiger partial charge in [-0.25, -0.2) is 0 Å². The molecule has 20 heavy (non-hydrogen) atoms. The van der Waals surface area contributed by atoms with Gasteiger partial charge in [-0.15, -0.1) is 0 Å². The van der Waals surface area contributed by atoms with Crippen LogP contribution in [-0.4, -0.2) is 11.6 Å². The second kappa shape index (κ2) is 11.9. The molecule has 0 rings (SSSR count). The van der Waals surface area contributed by atoms with E-state index in [1.165, 1.54) is 5.57 Å². The van der Waals surface area contributed by atoms with Crippen LogP contribution >= 0.6 is 0 Å². The lowest BCUT2D eigenvalue weighted by molar-refractivity contribution is -0.117. The van der Waals surface area contributed by atoms with Crippen molar-refractivity contribution in [2.45, 2.75) is 74.7 Å². The fourth-order valence-corrected chi connectivity index (χ4v) is 2.01. The lowest BCUT2D eigenvalue weighted by atomic mass is 10.0. The molecular weight excluding hydrogens is 248 g/mol. The number of hydrogen-bond donors (Lipinski definition) is 0. The Labute approximate surface area is 126 Å². The molecule has 0 aromatic rings. The van der Waals surface area contributed by atoms with Gasteiger partial charge in [0.1, 0.15) is 5.78 Å². The normalized spacial score (nSPS) is 11.7. The van der Waals surface area contributed by atoms with Gasteiger partial charge in [0.05, 0.1) is 0 Å². The summed E-state index contributed by atoms with van der Waals surface area (Å²) in [5.74, 6) is 2.19. The Morgan fingerprint density at radius 3 is 1.40 bits per heavy atom. The Morgan fingerprint density at radius 1 is 0.750 bits per heavy atom. The maximum absolute atomic E-state index is 11.4. The van der Waals surface area contributed by atoms with Crippen molar-refractivity contribution in [3.8, 4) is 0 Å². The molecule has 0 N–H and O–H groups in total. The van der Waals surface area contributed by atoms with Crippen molar-refractivity contribution in [2.75, 3.05) is 0 Å². The molecule has 0 saturated heterocycles. The fourth-order valence-electron chi connectivity index (χ4n) is 2.01. The average Bonchev–Trinajstić information content (AvgIpc) is 2.11. The molecule has 0 aliphatic heterocycles. The smallest absolute Gasteiger partial charge is 0.155 e. The Morgan fingerprint density at radius 2 is 1.15 bits per heavy atom. The maximum Gasteiger partial charge on any atom is 0.155 e. The van der Waals surface area contributed by atoms with E-state index in [1.807, 2.05) is 20.8 Å². The van der Waals surface area contributed by atoms with Gasteiger partial charge in [-0.2, -0.15) is 0 Å². The lowest BCUT2D eigenvalue weighted by Gasteiger charge is -2.05. The third kappa shape index (κ3) is 19.4. The van der Waals surface area contributed by atoms with Crippen LogP contribution < -0.4 is 0 Å². The summed E-state index contributed by atoms with van der Waals surface area (Å²) in [5, 5.41) is 0. The van der Waals surface area contributed by atoms with Crippen LogP contribution in [0.25, 0.3) is 0 Å². The second-order valence-electron chi connectivity index (χ2n) is 6.95. The van der Waals surface area contributed by atoms with Gasteiger partial charge in [0, 0.05) is 12.8 Å². The Hall–Kier alpha value is -0.920. The SMILES string of the molecule is C/C(=C\C(=O)CC(C)C)CC(C)C.CC(=O)CC(C)C. The summed E-state index contributed by atoms with van der Waals surface area (Å²) in [7, 11) is 0. The monoisotopic (exact) mass is 282 g/mol. The molecule has 0 radical (unpaired) electrons. The molecule has 0 aliphatic carbocycles. The Bertz CT molecular complexity index is 309. The van der Waals surface area contributed by atoms with Crippen LogP contribution in [0.2, 0.25) is 0 Å². The van der Waals surface area contributed by atoms with E-state index < -0.39 is 0 Å². The molecule has 0 aromatic heterocycles. The van der Waals surface area contributed by atoms with Crippen molar-refractivity contribution in [1.29, 1.82) is 0 Å². The second-order valence-corrected chi connectivity index (χ2v) is 6.95. The van der Waals surface area contributed by atoms with E-state index in [4.69, 9.17) is 0 Å². The van der Waals surface area contributed by atoms with Crippen molar-refractivity contribution in [2.24, 2.45) is 17.8 Å². The number of hydrogen-bond acceptors (Lipinski definition) is 2. The number of Topliss-reactive ketones (excluding diaryl/α,β-unsaturated/α-hetero) is 1. The minimum atomic E-state index is 0.271. The molecule has 0 aliphatic rings. The van der Waals surface area contributed by atoms with Gasteiger partial charge in [-0.1, -0.05) is 47.1 Å². The zero-order valence-corrected chi connectivity index (χ0v) is 14.7. The Balaban J connectivity index is 0. The van der Waals surface area contributed by atoms with Crippen LogP contribution in [0.1, 0.15) is 74.7 Å². The molecule has 0 spiro atoms. The molecule has 0 amide bonds. The number of rotatable bonds is 7. The molecule has 0 saturated carbocycles. The summed E-state index contributed by atoms with van der Waals surface area (Å²) in [6.07, 6.45) is 4.24. The highest BCUT2D eigenvalue weighted by atomic mass is 16.1. The van der Waals surface area contributed by atoms with Gasteiger partial charge in [0.2, 0.25) is 0 Å². The highest BCUT2D eigenvalue weighted by Crippen LogP contribution is 2.11. The first-order valence-electron chi connectivity index (χ1n) is 7.74. The third-order valence-corrected chi connectivity index (χ3v) is 2.44. The van der Waals surface area contributed by atoms with Crippen molar-refractivity contribution in [3.63, 3.8) is 0 Å². The molecule has 0 fully saturated rings. The van der Waals surface area contributed by atoms with Crippen molar-refractivity contribution in [3.05, 3.63) is 11.6 Å². The van der Waals surface area contributed by atoms with Crippen molar-refractivity contribution in [1.82, 2.24) is 0 Å². The largest absolute Gasteiger partial charge is 0.300 e. The van der Waals surface area contributed by atoms with Gasteiger partial charge in [-0.05, 0) is 44.1 Å². The molecule has 0 unspecified atom stereocenters. The summed E-state index contributed by atoms with van der Waals surface area (Å²) in [4.78, 5) is 21.6. The quantitative estimate of drug-likeness (QED) is 0.600. The van der Waals surface area contributed by atoms with E-state index >= 15 is 0 Å². The molecule has 0 aromatic carbocycles. The molecule has 0 heterocycles. The first kappa shape index (κ1) is 21.4. The van der Waals surface area contributed by atoms with Gasteiger partial charge in [-0.3, -0.25) is 4.79 Å². The van der Waals surface area contributed by atoms with E-state index in [0.29, 0.717) is 24.2 Å². The number of allylic oxidation sites excluding steroid dienone is 2. The third-order valence-electron chi connectivity index (χ3n) is 2.44. The number of carbonyl (C=O) groups is 2. The van der Waals surface area contributed by atoms with Crippen LogP contribution in [-0.2, 0) is 9.59 Å². The summed E-state index contributed by atoms with van der Waals surface area (Å²) < 4.78 is 0. The average molecular weight is 282 g/mol. The van der Waals surface area contributed by atoms with E-state index in [-0.39, 0.29) is 11.6 Å². The van der Waals surface area contributed by atoms with E-state index in [1.54, 1.807) is 13.0 Å². The minimum absolute atomic E-state index is 0.271. The van der Waals surface area contributed by atoms with E-state index in [2.05, 4.69) is 27.7 Å². The van der Waals surface area contributed by atoms with Crippen LogP contribution in [0.4, 0.5) is 0 Å². The molecule has 2 nitrogen and oxygen atoms in total. The first-order valence-corrected chi connectivity index (χ1v) is 7.74. The van der Waals surface area contributed by atoms with Gasteiger partial charge in [0.15, 0.2) is 5.78 Å². The van der Waals surface area contributed by atoms with Crippen LogP contribution in [0.3, 0.4) is 0 Å². The topological polar surface area (TPSA) is 34.1 Å². The van der Waals surface area contributed by atoms with Gasteiger partial charge >= 0.3 is 0 Å². The predicted molar refractivity (Wildman–Crippen MR) is 87.8 cm³/mol. The lowest BCUT2D eigenvalue weighted by Crippen LogP contribution is -2.00. The molecule has 0 atom stereocenters. The van der Waals surface area contributed by atoms with Gasteiger partial charge < -0.3 is 4.79 Å². The number of ketones is 2. The molecule has 0 bridgehead atoms. The van der Waals surface area contributed by atoms with Crippen LogP contribution in [0.15, 0.2) is 11.6 Å². The summed E-state index contributed by atoms with van der Waals surface area (Å²) in [5.41, 5.74) is 1.21. The summed E-state index contributed by atoms with van der Waals surface area (Å²) in [6.45, 7) is 16.2. The molecule has 2 heteroatoms. The Kier molecular flexibility index (Phi) is 12.7. The molecular formula is C18H34O2.